The highest BCUT2D eigenvalue weighted by Crippen LogP contribution is 2.24. The number of ketones is 1. The summed E-state index contributed by atoms with van der Waals surface area (Å²) in [5.41, 5.74) is 3.21. The number of amides is 1. The number of aryl methyl sites for hydroxylation is 2. The van der Waals surface area contributed by atoms with Gasteiger partial charge < -0.3 is 15.5 Å². The summed E-state index contributed by atoms with van der Waals surface area (Å²) in [4.78, 5) is 35.3. The summed E-state index contributed by atoms with van der Waals surface area (Å²) < 4.78 is 0. The smallest absolute Gasteiger partial charge is 0.339 e. The predicted octanol–water partition coefficient (Wildman–Crippen LogP) is 3.57. The molecule has 6 heteroatoms. The molecule has 27 heavy (non-hydrogen) atoms. The third-order valence-electron chi connectivity index (χ3n) is 4.76. The second-order valence-electron chi connectivity index (χ2n) is 6.70. The fourth-order valence-corrected chi connectivity index (χ4v) is 3.29. The Hall–Kier alpha value is -3.15. The number of benzene rings is 2. The van der Waals surface area contributed by atoms with Crippen molar-refractivity contribution in [2.24, 2.45) is 0 Å². The zero-order valence-corrected chi connectivity index (χ0v) is 14.8. The van der Waals surface area contributed by atoms with Gasteiger partial charge in [0.05, 0.1) is 0 Å². The number of anilines is 1. The lowest BCUT2D eigenvalue weighted by Gasteiger charge is -2.16. The van der Waals surface area contributed by atoms with Gasteiger partial charge >= 0.3 is 5.97 Å². The van der Waals surface area contributed by atoms with E-state index in [1.165, 1.54) is 35.7 Å². The molecule has 3 rings (SSSR count). The Morgan fingerprint density at radius 3 is 2.37 bits per heavy atom. The van der Waals surface area contributed by atoms with Gasteiger partial charge in [-0.05, 0) is 55.0 Å². The third-order valence-corrected chi connectivity index (χ3v) is 4.76. The Bertz CT molecular complexity index is 903. The van der Waals surface area contributed by atoms with Crippen LogP contribution in [-0.4, -0.2) is 27.9 Å². The molecule has 0 aliphatic heterocycles. The maximum Gasteiger partial charge on any atom is 0.339 e. The molecule has 0 fully saturated rings. The Balaban J connectivity index is 1.56. The third kappa shape index (κ3) is 4.53. The van der Waals surface area contributed by atoms with Crippen LogP contribution in [0, 0.1) is 0 Å². The van der Waals surface area contributed by atoms with Gasteiger partial charge in [0, 0.05) is 30.2 Å². The lowest BCUT2D eigenvalue weighted by molar-refractivity contribution is -0.116. The molecule has 6 nitrogen and oxygen atoms in total. The number of fused-ring (bicyclic) bond motifs is 1. The van der Waals surface area contributed by atoms with E-state index in [0.717, 1.165) is 19.3 Å². The normalized spacial score (nSPS) is 12.9. The minimum absolute atomic E-state index is 0.0113. The van der Waals surface area contributed by atoms with Crippen molar-refractivity contribution in [1.29, 1.82) is 0 Å². The van der Waals surface area contributed by atoms with Gasteiger partial charge in [0.2, 0.25) is 5.91 Å². The number of hydrogen-bond acceptors (Lipinski definition) is 4. The Kier molecular flexibility index (Phi) is 5.54. The molecular formula is C21H21NO5. The Morgan fingerprint density at radius 1 is 0.926 bits per heavy atom. The van der Waals surface area contributed by atoms with Crippen LogP contribution < -0.4 is 5.32 Å². The number of aromatic carboxylic acids is 1. The molecule has 0 unspecified atom stereocenters. The maximum absolute atomic E-state index is 12.4. The topological polar surface area (TPSA) is 104 Å². The SMILES string of the molecule is O=C(CCC(=O)c1ccc2c(c1)CCCC2)Nc1ccc(C(=O)O)c(O)c1. The Labute approximate surface area is 156 Å². The summed E-state index contributed by atoms with van der Waals surface area (Å²) in [7, 11) is 0. The van der Waals surface area contributed by atoms with E-state index in [0.29, 0.717) is 5.56 Å². The van der Waals surface area contributed by atoms with E-state index >= 15 is 0 Å². The molecule has 0 saturated heterocycles. The van der Waals surface area contributed by atoms with Gasteiger partial charge in [0.15, 0.2) is 5.78 Å². The van der Waals surface area contributed by atoms with Crippen molar-refractivity contribution in [3.8, 4) is 5.75 Å². The summed E-state index contributed by atoms with van der Waals surface area (Å²) in [5, 5.41) is 21.1. The van der Waals surface area contributed by atoms with Gasteiger partial charge in [0.1, 0.15) is 11.3 Å². The maximum atomic E-state index is 12.4. The summed E-state index contributed by atoms with van der Waals surface area (Å²) in [6, 6.07) is 9.56. The first-order valence-electron chi connectivity index (χ1n) is 8.95. The van der Waals surface area contributed by atoms with Gasteiger partial charge in [0.25, 0.3) is 0 Å². The van der Waals surface area contributed by atoms with Crippen LogP contribution in [-0.2, 0) is 17.6 Å². The summed E-state index contributed by atoms with van der Waals surface area (Å²) in [5.74, 6) is -2.13. The van der Waals surface area contributed by atoms with Crippen LogP contribution >= 0.6 is 0 Å². The molecule has 140 valence electrons. The highest BCUT2D eigenvalue weighted by atomic mass is 16.4. The fourth-order valence-electron chi connectivity index (χ4n) is 3.29. The minimum atomic E-state index is -1.25. The van der Waals surface area contributed by atoms with Gasteiger partial charge in [-0.1, -0.05) is 12.1 Å². The molecule has 2 aromatic carbocycles. The number of phenols is 1. The standard InChI is InChI=1S/C21H21NO5/c23-18(15-6-5-13-3-1-2-4-14(13)11-15)9-10-20(25)22-16-7-8-17(21(26)27)19(24)12-16/h5-8,11-12,24H,1-4,9-10H2,(H,22,25)(H,26,27). The van der Waals surface area contributed by atoms with Crippen LogP contribution in [0.1, 0.15) is 57.5 Å². The molecule has 0 saturated carbocycles. The van der Waals surface area contributed by atoms with E-state index in [4.69, 9.17) is 5.11 Å². The highest BCUT2D eigenvalue weighted by Gasteiger charge is 2.15. The van der Waals surface area contributed by atoms with Crippen molar-refractivity contribution in [3.63, 3.8) is 0 Å². The van der Waals surface area contributed by atoms with E-state index < -0.39 is 11.7 Å². The molecular weight excluding hydrogens is 346 g/mol. The van der Waals surface area contributed by atoms with Crippen LogP contribution in [0.5, 0.6) is 5.75 Å². The predicted molar refractivity (Wildman–Crippen MR) is 100 cm³/mol. The zero-order valence-electron chi connectivity index (χ0n) is 14.8. The minimum Gasteiger partial charge on any atom is -0.507 e. The van der Waals surface area contributed by atoms with Gasteiger partial charge in [-0.3, -0.25) is 9.59 Å². The molecule has 0 atom stereocenters. The van der Waals surface area contributed by atoms with Crippen molar-refractivity contribution in [1.82, 2.24) is 0 Å². The van der Waals surface area contributed by atoms with E-state index in [1.807, 2.05) is 18.2 Å². The summed E-state index contributed by atoms with van der Waals surface area (Å²) in [6.45, 7) is 0. The van der Waals surface area contributed by atoms with E-state index in [9.17, 15) is 19.5 Å². The van der Waals surface area contributed by atoms with Crippen molar-refractivity contribution in [3.05, 3.63) is 58.7 Å². The summed E-state index contributed by atoms with van der Waals surface area (Å²) >= 11 is 0. The number of Topliss-reactive ketones (excluding diaryl/α,β-unsaturated/α-hetero) is 1. The number of rotatable bonds is 6. The van der Waals surface area contributed by atoms with Crippen LogP contribution in [0.2, 0.25) is 0 Å². The van der Waals surface area contributed by atoms with Gasteiger partial charge in [-0.15, -0.1) is 0 Å². The van der Waals surface area contributed by atoms with Crippen molar-refractivity contribution >= 4 is 23.3 Å². The van der Waals surface area contributed by atoms with Crippen molar-refractivity contribution < 1.29 is 24.6 Å². The molecule has 0 aromatic heterocycles. The second kappa shape index (κ2) is 8.03. The lowest BCUT2D eigenvalue weighted by atomic mass is 9.89. The largest absolute Gasteiger partial charge is 0.507 e. The molecule has 2 aromatic rings. The van der Waals surface area contributed by atoms with Crippen molar-refractivity contribution in [2.45, 2.75) is 38.5 Å². The number of carbonyl (C=O) groups is 3. The van der Waals surface area contributed by atoms with Gasteiger partial charge in [-0.25, -0.2) is 4.79 Å². The molecule has 1 aliphatic carbocycles. The average molecular weight is 367 g/mol. The zero-order chi connectivity index (χ0) is 19.4. The first-order valence-corrected chi connectivity index (χ1v) is 8.95. The van der Waals surface area contributed by atoms with Crippen LogP contribution in [0.3, 0.4) is 0 Å². The number of carbonyl (C=O) groups excluding carboxylic acids is 2. The Morgan fingerprint density at radius 2 is 1.67 bits per heavy atom. The van der Waals surface area contributed by atoms with Crippen LogP contribution in [0.25, 0.3) is 0 Å². The van der Waals surface area contributed by atoms with Gasteiger partial charge in [-0.2, -0.15) is 0 Å². The molecule has 3 N–H and O–H groups in total. The van der Waals surface area contributed by atoms with E-state index in [-0.39, 0.29) is 35.8 Å². The summed E-state index contributed by atoms with van der Waals surface area (Å²) in [6.07, 6.45) is 4.47. The molecule has 0 spiro atoms. The number of aromatic hydroxyl groups is 1. The quantitative estimate of drug-likeness (QED) is 0.677. The van der Waals surface area contributed by atoms with E-state index in [1.54, 1.807) is 0 Å². The lowest BCUT2D eigenvalue weighted by Crippen LogP contribution is -2.14. The fraction of sp³-hybridized carbons (Fsp3) is 0.286. The number of carboxylic acid groups (broad SMARTS) is 1. The molecule has 0 radical (unpaired) electrons. The average Bonchev–Trinajstić information content (AvgIpc) is 2.65. The number of carboxylic acids is 1. The number of hydrogen-bond donors (Lipinski definition) is 3. The monoisotopic (exact) mass is 367 g/mol. The van der Waals surface area contributed by atoms with Crippen molar-refractivity contribution in [2.75, 3.05) is 5.32 Å². The second-order valence-corrected chi connectivity index (χ2v) is 6.70. The van der Waals surface area contributed by atoms with Crippen LogP contribution in [0.4, 0.5) is 5.69 Å². The number of nitrogens with one attached hydrogen (secondary N) is 1. The van der Waals surface area contributed by atoms with E-state index in [2.05, 4.69) is 5.32 Å². The first kappa shape index (κ1) is 18.6. The molecule has 0 bridgehead atoms. The molecule has 0 heterocycles. The molecule has 1 aliphatic rings. The molecule has 1 amide bonds. The van der Waals surface area contributed by atoms with Crippen LogP contribution in [0.15, 0.2) is 36.4 Å². The first-order chi connectivity index (χ1) is 12.9. The highest BCUT2D eigenvalue weighted by molar-refractivity contribution is 6.00.